The Bertz CT molecular complexity index is 503. The van der Waals surface area contributed by atoms with Crippen LogP contribution in [0.2, 0.25) is 0 Å². The van der Waals surface area contributed by atoms with Crippen LogP contribution in [0.25, 0.3) is 10.9 Å². The van der Waals surface area contributed by atoms with Gasteiger partial charge in [-0.25, -0.2) is 4.39 Å². The van der Waals surface area contributed by atoms with Gasteiger partial charge < -0.3 is 0 Å². The number of aromatic nitrogens is 1. The highest BCUT2D eigenvalue weighted by atomic mass is 19.1. The van der Waals surface area contributed by atoms with Crippen molar-refractivity contribution in [3.05, 3.63) is 41.3 Å². The summed E-state index contributed by atoms with van der Waals surface area (Å²) in [6.07, 6.45) is 1.32. The molecule has 2 heteroatoms. The number of halogens is 1. The summed E-state index contributed by atoms with van der Waals surface area (Å²) in [5.74, 6) is -0.0274. The predicted octanol–water partition coefficient (Wildman–Crippen LogP) is 3.81. The third-order valence-corrected chi connectivity index (χ3v) is 2.67. The minimum atomic E-state index is -0.205. The molecule has 78 valence electrons. The van der Waals surface area contributed by atoms with Gasteiger partial charge in [-0.05, 0) is 18.4 Å². The molecule has 0 fully saturated rings. The van der Waals surface area contributed by atoms with Crippen LogP contribution < -0.4 is 0 Å². The first-order chi connectivity index (χ1) is 7.11. The second kappa shape index (κ2) is 3.61. The molecule has 1 heterocycles. The summed E-state index contributed by atoms with van der Waals surface area (Å²) in [7, 11) is 0. The van der Waals surface area contributed by atoms with Gasteiger partial charge in [0.15, 0.2) is 0 Å². The zero-order chi connectivity index (χ0) is 11.0. The van der Waals surface area contributed by atoms with Crippen LogP contribution in [0.15, 0.2) is 24.4 Å². The lowest BCUT2D eigenvalue weighted by Gasteiger charge is -2.11. The molecule has 1 nitrogen and oxygen atoms in total. The van der Waals surface area contributed by atoms with Crippen molar-refractivity contribution in [2.24, 2.45) is 0 Å². The molecular formula is C13H14FN. The van der Waals surface area contributed by atoms with Crippen LogP contribution in [-0.2, 0) is 0 Å². The van der Waals surface area contributed by atoms with Gasteiger partial charge in [-0.3, -0.25) is 4.98 Å². The molecule has 1 aromatic heterocycles. The second-order valence-corrected chi connectivity index (χ2v) is 4.15. The summed E-state index contributed by atoms with van der Waals surface area (Å²) in [4.78, 5) is 4.15. The maximum atomic E-state index is 13.6. The van der Waals surface area contributed by atoms with Gasteiger partial charge in [-0.2, -0.15) is 0 Å². The molecule has 0 atom stereocenters. The molecule has 15 heavy (non-hydrogen) atoms. The predicted molar refractivity (Wildman–Crippen MR) is 60.5 cm³/mol. The SMILES string of the molecule is Cc1cccc2c(C(C)C)c(F)cnc12. The molecule has 0 spiro atoms. The van der Waals surface area contributed by atoms with Gasteiger partial charge in [0.25, 0.3) is 0 Å². The number of pyridine rings is 1. The van der Waals surface area contributed by atoms with Crippen molar-refractivity contribution in [2.45, 2.75) is 26.7 Å². The fraction of sp³-hybridized carbons (Fsp3) is 0.308. The lowest BCUT2D eigenvalue weighted by atomic mass is 9.97. The highest BCUT2D eigenvalue weighted by Crippen LogP contribution is 2.27. The fourth-order valence-corrected chi connectivity index (χ4v) is 1.95. The molecule has 0 radical (unpaired) electrons. The zero-order valence-electron chi connectivity index (χ0n) is 9.21. The topological polar surface area (TPSA) is 12.9 Å². The number of fused-ring (bicyclic) bond motifs is 1. The van der Waals surface area contributed by atoms with Crippen molar-refractivity contribution in [1.29, 1.82) is 0 Å². The minimum absolute atomic E-state index is 0.178. The third kappa shape index (κ3) is 1.60. The Morgan fingerprint density at radius 1 is 1.27 bits per heavy atom. The molecule has 0 saturated carbocycles. The van der Waals surface area contributed by atoms with E-state index in [-0.39, 0.29) is 11.7 Å². The Kier molecular flexibility index (Phi) is 2.43. The summed E-state index contributed by atoms with van der Waals surface area (Å²) in [5.41, 5.74) is 2.76. The van der Waals surface area contributed by atoms with Crippen LogP contribution >= 0.6 is 0 Å². The Labute approximate surface area is 89.0 Å². The smallest absolute Gasteiger partial charge is 0.145 e. The van der Waals surface area contributed by atoms with Gasteiger partial charge in [-0.15, -0.1) is 0 Å². The van der Waals surface area contributed by atoms with Crippen molar-refractivity contribution >= 4 is 10.9 Å². The maximum Gasteiger partial charge on any atom is 0.145 e. The van der Waals surface area contributed by atoms with Crippen LogP contribution in [0.1, 0.15) is 30.9 Å². The normalized spacial score (nSPS) is 11.3. The Balaban J connectivity index is 2.88. The largest absolute Gasteiger partial charge is 0.253 e. The van der Waals surface area contributed by atoms with E-state index >= 15 is 0 Å². The van der Waals surface area contributed by atoms with Gasteiger partial charge >= 0.3 is 0 Å². The summed E-state index contributed by atoms with van der Waals surface area (Å²) < 4.78 is 13.6. The number of aryl methyl sites for hydroxylation is 1. The van der Waals surface area contributed by atoms with Crippen LogP contribution in [-0.4, -0.2) is 4.98 Å². The number of para-hydroxylation sites is 1. The van der Waals surface area contributed by atoms with Gasteiger partial charge in [0.1, 0.15) is 5.82 Å². The molecule has 0 saturated heterocycles. The molecule has 2 aromatic rings. The van der Waals surface area contributed by atoms with Gasteiger partial charge in [-0.1, -0.05) is 32.0 Å². The van der Waals surface area contributed by atoms with E-state index in [2.05, 4.69) is 4.98 Å². The van der Waals surface area contributed by atoms with Crippen molar-refractivity contribution in [1.82, 2.24) is 4.98 Å². The number of hydrogen-bond donors (Lipinski definition) is 0. The molecular weight excluding hydrogens is 189 g/mol. The number of hydrogen-bond acceptors (Lipinski definition) is 1. The van der Waals surface area contributed by atoms with E-state index in [0.29, 0.717) is 0 Å². The third-order valence-electron chi connectivity index (χ3n) is 2.67. The van der Waals surface area contributed by atoms with E-state index in [1.165, 1.54) is 6.20 Å². The van der Waals surface area contributed by atoms with E-state index in [1.807, 2.05) is 39.0 Å². The molecule has 0 aliphatic carbocycles. The lowest BCUT2D eigenvalue weighted by molar-refractivity contribution is 0.596. The van der Waals surface area contributed by atoms with E-state index in [4.69, 9.17) is 0 Å². The first-order valence-corrected chi connectivity index (χ1v) is 5.15. The first-order valence-electron chi connectivity index (χ1n) is 5.15. The summed E-state index contributed by atoms with van der Waals surface area (Å²) in [6.45, 7) is 6.00. The van der Waals surface area contributed by atoms with Crippen LogP contribution in [0, 0.1) is 12.7 Å². The molecule has 0 bridgehead atoms. The van der Waals surface area contributed by atoms with E-state index in [1.54, 1.807) is 0 Å². The summed E-state index contributed by atoms with van der Waals surface area (Å²) in [5, 5.41) is 0.935. The average molecular weight is 203 g/mol. The fourth-order valence-electron chi connectivity index (χ4n) is 1.95. The minimum Gasteiger partial charge on any atom is -0.253 e. The molecule has 0 amide bonds. The van der Waals surface area contributed by atoms with Gasteiger partial charge in [0.05, 0.1) is 11.7 Å². The van der Waals surface area contributed by atoms with Crippen molar-refractivity contribution < 1.29 is 4.39 Å². The summed E-state index contributed by atoms with van der Waals surface area (Å²) >= 11 is 0. The Morgan fingerprint density at radius 2 is 2.00 bits per heavy atom. The van der Waals surface area contributed by atoms with Crippen molar-refractivity contribution in [3.8, 4) is 0 Å². The summed E-state index contributed by atoms with van der Waals surface area (Å²) in [6, 6.07) is 5.88. The average Bonchev–Trinajstić information content (AvgIpc) is 2.17. The zero-order valence-corrected chi connectivity index (χ0v) is 9.21. The Hall–Kier alpha value is -1.44. The molecule has 0 aliphatic heterocycles. The van der Waals surface area contributed by atoms with Gasteiger partial charge in [0.2, 0.25) is 0 Å². The quantitative estimate of drug-likeness (QED) is 0.686. The second-order valence-electron chi connectivity index (χ2n) is 4.15. The van der Waals surface area contributed by atoms with E-state index in [9.17, 15) is 4.39 Å². The van der Waals surface area contributed by atoms with E-state index in [0.717, 1.165) is 22.0 Å². The number of benzene rings is 1. The van der Waals surface area contributed by atoms with Crippen LogP contribution in [0.4, 0.5) is 4.39 Å². The Morgan fingerprint density at radius 3 is 2.67 bits per heavy atom. The number of nitrogens with zero attached hydrogens (tertiary/aromatic N) is 1. The van der Waals surface area contributed by atoms with Crippen molar-refractivity contribution in [3.63, 3.8) is 0 Å². The molecule has 0 N–H and O–H groups in total. The maximum absolute atomic E-state index is 13.6. The van der Waals surface area contributed by atoms with Gasteiger partial charge in [0, 0.05) is 10.9 Å². The molecule has 1 aromatic carbocycles. The highest BCUT2D eigenvalue weighted by Gasteiger charge is 2.12. The van der Waals surface area contributed by atoms with Crippen molar-refractivity contribution in [2.75, 3.05) is 0 Å². The monoisotopic (exact) mass is 203 g/mol. The number of rotatable bonds is 1. The molecule has 0 unspecified atom stereocenters. The van der Waals surface area contributed by atoms with E-state index < -0.39 is 0 Å². The first kappa shape index (κ1) is 10.1. The molecule has 0 aliphatic rings. The molecule has 2 rings (SSSR count). The van der Waals surface area contributed by atoms with Crippen LogP contribution in [0.3, 0.4) is 0 Å². The highest BCUT2D eigenvalue weighted by molar-refractivity contribution is 5.85. The lowest BCUT2D eigenvalue weighted by Crippen LogP contribution is -1.97. The standard InChI is InChI=1S/C13H14FN/c1-8(2)12-10-6-4-5-9(3)13(10)15-7-11(12)14/h4-8H,1-3H3. The van der Waals surface area contributed by atoms with Crippen LogP contribution in [0.5, 0.6) is 0 Å².